The van der Waals surface area contributed by atoms with Crippen LogP contribution in [-0.4, -0.2) is 4.98 Å². The number of benzene rings is 1. The molecule has 2 nitrogen and oxygen atoms in total. The molecule has 0 unspecified atom stereocenters. The maximum atomic E-state index is 13.4. The van der Waals surface area contributed by atoms with Gasteiger partial charge in [-0.05, 0) is 18.2 Å². The summed E-state index contributed by atoms with van der Waals surface area (Å²) in [6.07, 6.45) is 0. The molecule has 1 aromatic heterocycles. The van der Waals surface area contributed by atoms with E-state index in [2.05, 4.69) is 4.98 Å². The Bertz CT molecular complexity index is 607. The molecule has 2 aromatic rings. The first-order valence-electron chi connectivity index (χ1n) is 4.62. The molecule has 0 atom stereocenters. The Morgan fingerprint density at radius 2 is 1.72 bits per heavy atom. The highest BCUT2D eigenvalue weighted by Crippen LogP contribution is 2.33. The van der Waals surface area contributed by atoms with Crippen LogP contribution in [0.5, 0.6) is 11.6 Å². The first kappa shape index (κ1) is 13.3. The van der Waals surface area contributed by atoms with Gasteiger partial charge >= 0.3 is 0 Å². The number of hydrogen-bond donors (Lipinski definition) is 0. The average Bonchev–Trinajstić information content (AvgIpc) is 2.29. The van der Waals surface area contributed by atoms with Gasteiger partial charge < -0.3 is 4.74 Å². The molecule has 7 heteroatoms. The number of aromatic nitrogens is 1. The van der Waals surface area contributed by atoms with E-state index in [4.69, 9.17) is 39.5 Å². The first-order valence-corrected chi connectivity index (χ1v) is 5.75. The number of hydrogen-bond acceptors (Lipinski definition) is 2. The Kier molecular flexibility index (Phi) is 3.90. The molecular weight excluding hydrogens is 306 g/mol. The van der Waals surface area contributed by atoms with Gasteiger partial charge in [-0.2, -0.15) is 4.98 Å². The number of pyridine rings is 1. The highest BCUT2D eigenvalue weighted by Gasteiger charge is 2.12. The summed E-state index contributed by atoms with van der Waals surface area (Å²) >= 11 is 17.2. The SMILES string of the molecule is Fc1ccc(Oc2nc(Cl)c(Cl)cc2Cl)c(F)c1. The van der Waals surface area contributed by atoms with Crippen LogP contribution in [0.2, 0.25) is 15.2 Å². The molecule has 0 aliphatic carbocycles. The third-order valence-electron chi connectivity index (χ3n) is 1.96. The van der Waals surface area contributed by atoms with E-state index in [1.165, 1.54) is 6.07 Å². The lowest BCUT2D eigenvalue weighted by molar-refractivity contribution is 0.424. The quantitative estimate of drug-likeness (QED) is 0.719. The normalized spacial score (nSPS) is 10.5. The number of rotatable bonds is 2. The molecule has 0 saturated carbocycles. The fourth-order valence-corrected chi connectivity index (χ4v) is 1.69. The average molecular weight is 311 g/mol. The van der Waals surface area contributed by atoms with Gasteiger partial charge in [0.05, 0.1) is 5.02 Å². The number of halogens is 5. The van der Waals surface area contributed by atoms with E-state index in [0.29, 0.717) is 6.07 Å². The van der Waals surface area contributed by atoms with Crippen LogP contribution in [-0.2, 0) is 0 Å². The summed E-state index contributed by atoms with van der Waals surface area (Å²) in [6.45, 7) is 0. The summed E-state index contributed by atoms with van der Waals surface area (Å²) < 4.78 is 31.2. The van der Waals surface area contributed by atoms with E-state index in [0.717, 1.165) is 12.1 Å². The van der Waals surface area contributed by atoms with Gasteiger partial charge in [-0.25, -0.2) is 8.78 Å². The summed E-state index contributed by atoms with van der Waals surface area (Å²) in [5, 5.41) is 0.181. The van der Waals surface area contributed by atoms with Crippen LogP contribution < -0.4 is 4.74 Å². The fourth-order valence-electron chi connectivity index (χ4n) is 1.16. The second-order valence-electron chi connectivity index (χ2n) is 3.22. The maximum Gasteiger partial charge on any atom is 0.239 e. The molecule has 0 spiro atoms. The summed E-state index contributed by atoms with van der Waals surface area (Å²) in [5.74, 6) is -1.92. The van der Waals surface area contributed by atoms with E-state index in [1.807, 2.05) is 0 Å². The van der Waals surface area contributed by atoms with Gasteiger partial charge in [-0.15, -0.1) is 0 Å². The van der Waals surface area contributed by atoms with Crippen LogP contribution >= 0.6 is 34.8 Å². The Labute approximate surface area is 116 Å². The van der Waals surface area contributed by atoms with Crippen molar-refractivity contribution in [3.8, 4) is 11.6 Å². The van der Waals surface area contributed by atoms with Gasteiger partial charge in [-0.1, -0.05) is 34.8 Å². The minimum atomic E-state index is -0.876. The highest BCUT2D eigenvalue weighted by atomic mass is 35.5. The summed E-state index contributed by atoms with van der Waals surface area (Å²) in [4.78, 5) is 3.75. The molecule has 0 amide bonds. The third-order valence-corrected chi connectivity index (χ3v) is 2.90. The largest absolute Gasteiger partial charge is 0.434 e. The molecular formula is C11H4Cl3F2NO. The molecule has 0 fully saturated rings. The monoisotopic (exact) mass is 309 g/mol. The molecule has 0 aliphatic heterocycles. The smallest absolute Gasteiger partial charge is 0.239 e. The Morgan fingerprint density at radius 3 is 2.39 bits per heavy atom. The summed E-state index contributed by atoms with van der Waals surface area (Å²) in [5.41, 5.74) is 0. The van der Waals surface area contributed by atoms with E-state index in [1.54, 1.807) is 0 Å². The second kappa shape index (κ2) is 5.26. The Morgan fingerprint density at radius 1 is 1.00 bits per heavy atom. The minimum Gasteiger partial charge on any atom is -0.434 e. The molecule has 94 valence electrons. The van der Waals surface area contributed by atoms with E-state index in [9.17, 15) is 8.78 Å². The molecule has 18 heavy (non-hydrogen) atoms. The zero-order chi connectivity index (χ0) is 13.3. The van der Waals surface area contributed by atoms with Gasteiger partial charge in [0, 0.05) is 6.07 Å². The van der Waals surface area contributed by atoms with Crippen LogP contribution in [0.15, 0.2) is 24.3 Å². The summed E-state index contributed by atoms with van der Waals surface area (Å²) in [6, 6.07) is 4.16. The van der Waals surface area contributed by atoms with Crippen LogP contribution in [0.3, 0.4) is 0 Å². The number of nitrogens with zero attached hydrogens (tertiary/aromatic N) is 1. The molecule has 0 aliphatic rings. The third kappa shape index (κ3) is 2.83. The van der Waals surface area contributed by atoms with Crippen molar-refractivity contribution in [1.82, 2.24) is 4.98 Å². The van der Waals surface area contributed by atoms with Crippen molar-refractivity contribution >= 4 is 34.8 Å². The van der Waals surface area contributed by atoms with Crippen LogP contribution in [0.25, 0.3) is 0 Å². The van der Waals surface area contributed by atoms with Gasteiger partial charge in [0.2, 0.25) is 5.88 Å². The molecule has 0 N–H and O–H groups in total. The van der Waals surface area contributed by atoms with Gasteiger partial charge in [0.1, 0.15) is 10.8 Å². The van der Waals surface area contributed by atoms with Crippen LogP contribution in [0.4, 0.5) is 8.78 Å². The van der Waals surface area contributed by atoms with Crippen LogP contribution in [0, 0.1) is 11.6 Å². The molecule has 1 aromatic carbocycles. The van der Waals surface area contributed by atoms with Gasteiger partial charge in [0.15, 0.2) is 16.7 Å². The summed E-state index contributed by atoms with van der Waals surface area (Å²) in [7, 11) is 0. The van der Waals surface area contributed by atoms with E-state index < -0.39 is 11.6 Å². The standard InChI is InChI=1S/C11H4Cl3F2NO/c12-6-4-7(13)11(17-10(6)14)18-9-2-1-5(15)3-8(9)16/h1-4H. The first-order chi connectivity index (χ1) is 8.47. The molecule has 0 radical (unpaired) electrons. The van der Waals surface area contributed by atoms with E-state index >= 15 is 0 Å². The number of ether oxygens (including phenoxy) is 1. The lowest BCUT2D eigenvalue weighted by Crippen LogP contribution is -1.93. The second-order valence-corrected chi connectivity index (χ2v) is 4.40. The highest BCUT2D eigenvalue weighted by molar-refractivity contribution is 6.42. The zero-order valence-electron chi connectivity index (χ0n) is 8.55. The molecule has 1 heterocycles. The Balaban J connectivity index is 2.37. The molecule has 2 rings (SSSR count). The topological polar surface area (TPSA) is 22.1 Å². The van der Waals surface area contributed by atoms with Gasteiger partial charge in [0.25, 0.3) is 0 Å². The predicted molar refractivity (Wildman–Crippen MR) is 65.7 cm³/mol. The van der Waals surface area contributed by atoms with Crippen molar-refractivity contribution in [1.29, 1.82) is 0 Å². The minimum absolute atomic E-state index is 0.0291. The van der Waals surface area contributed by atoms with Crippen molar-refractivity contribution in [3.63, 3.8) is 0 Å². The lowest BCUT2D eigenvalue weighted by atomic mass is 10.3. The Hall–Kier alpha value is -1.10. The fraction of sp³-hybridized carbons (Fsp3) is 0. The van der Waals surface area contributed by atoms with Crippen LogP contribution in [0.1, 0.15) is 0 Å². The lowest BCUT2D eigenvalue weighted by Gasteiger charge is -2.08. The van der Waals surface area contributed by atoms with Crippen molar-refractivity contribution < 1.29 is 13.5 Å². The molecule has 0 saturated heterocycles. The predicted octanol–water partition coefficient (Wildman–Crippen LogP) is 5.11. The van der Waals surface area contributed by atoms with Crippen molar-refractivity contribution in [2.75, 3.05) is 0 Å². The van der Waals surface area contributed by atoms with Crippen molar-refractivity contribution in [2.45, 2.75) is 0 Å². The van der Waals surface area contributed by atoms with Crippen molar-refractivity contribution in [2.24, 2.45) is 0 Å². The van der Waals surface area contributed by atoms with Gasteiger partial charge in [-0.3, -0.25) is 0 Å². The van der Waals surface area contributed by atoms with Crippen molar-refractivity contribution in [3.05, 3.63) is 51.1 Å². The van der Waals surface area contributed by atoms with E-state index in [-0.39, 0.29) is 26.8 Å². The maximum absolute atomic E-state index is 13.4. The molecule has 0 bridgehead atoms. The zero-order valence-corrected chi connectivity index (χ0v) is 10.8.